The third-order valence-electron chi connectivity index (χ3n) is 4.05. The zero-order chi connectivity index (χ0) is 23.7. The van der Waals surface area contributed by atoms with Crippen LogP contribution in [-0.4, -0.2) is 50.6 Å². The molecular formula is C18H23BrClN7O4S. The van der Waals surface area contributed by atoms with Gasteiger partial charge in [-0.3, -0.25) is 14.8 Å². The molecule has 174 valence electrons. The molecule has 2 rings (SSSR count). The predicted octanol–water partition coefficient (Wildman–Crippen LogP) is 3.41. The van der Waals surface area contributed by atoms with Crippen LogP contribution in [0.25, 0.3) is 0 Å². The molecule has 0 spiro atoms. The number of nitro benzene ring substituents is 1. The van der Waals surface area contributed by atoms with Crippen LogP contribution in [0.4, 0.5) is 22.0 Å². The van der Waals surface area contributed by atoms with Gasteiger partial charge in [-0.25, -0.2) is 14.0 Å². The maximum absolute atomic E-state index is 13.0. The highest BCUT2D eigenvalue weighted by Crippen LogP contribution is 2.26. The van der Waals surface area contributed by atoms with E-state index in [4.69, 9.17) is 11.6 Å². The minimum absolute atomic E-state index is 0.133. The van der Waals surface area contributed by atoms with E-state index in [0.717, 1.165) is 6.42 Å². The third-order valence-corrected chi connectivity index (χ3v) is 6.39. The van der Waals surface area contributed by atoms with Gasteiger partial charge in [-0.05, 0) is 59.2 Å². The summed E-state index contributed by atoms with van der Waals surface area (Å²) in [6.07, 6.45) is 2.98. The molecule has 14 heteroatoms. The lowest BCUT2D eigenvalue weighted by Gasteiger charge is -2.17. The molecule has 1 aromatic heterocycles. The zero-order valence-corrected chi connectivity index (χ0v) is 20.3. The summed E-state index contributed by atoms with van der Waals surface area (Å²) >= 11 is 9.12. The number of nitro groups is 1. The Morgan fingerprint density at radius 2 is 2.00 bits per heavy atom. The number of carbonyl (C=O) groups excluding carboxylic acids is 1. The van der Waals surface area contributed by atoms with Gasteiger partial charge in [0.2, 0.25) is 5.28 Å². The van der Waals surface area contributed by atoms with E-state index in [2.05, 4.69) is 52.4 Å². The number of hydrogen-bond donors (Lipinski definition) is 4. The number of amides is 2. The van der Waals surface area contributed by atoms with E-state index in [0.29, 0.717) is 36.3 Å². The number of nitrogens with zero attached hydrogens (tertiary/aromatic N) is 3. The van der Waals surface area contributed by atoms with Crippen molar-refractivity contribution < 1.29 is 13.9 Å². The van der Waals surface area contributed by atoms with Crippen LogP contribution < -0.4 is 20.7 Å². The summed E-state index contributed by atoms with van der Waals surface area (Å²) < 4.78 is 16.0. The zero-order valence-electron chi connectivity index (χ0n) is 17.2. The number of urea groups is 1. The maximum atomic E-state index is 13.0. The molecule has 1 unspecified atom stereocenters. The summed E-state index contributed by atoms with van der Waals surface area (Å²) in [5.41, 5.74) is 0.103. The summed E-state index contributed by atoms with van der Waals surface area (Å²) in [5, 5.41) is 20.0. The van der Waals surface area contributed by atoms with E-state index in [1.165, 1.54) is 18.2 Å². The fourth-order valence-electron chi connectivity index (χ4n) is 2.61. The van der Waals surface area contributed by atoms with Crippen molar-refractivity contribution in [2.24, 2.45) is 0 Å². The van der Waals surface area contributed by atoms with E-state index in [1.807, 2.05) is 0 Å². The molecule has 0 bridgehead atoms. The summed E-state index contributed by atoms with van der Waals surface area (Å²) in [7, 11) is -3.24. The van der Waals surface area contributed by atoms with Crippen LogP contribution in [-0.2, 0) is 9.71 Å². The number of nitrogens with one attached hydrogen (secondary N) is 4. The molecule has 2 aromatic rings. The first-order valence-electron chi connectivity index (χ1n) is 9.51. The van der Waals surface area contributed by atoms with E-state index >= 15 is 0 Å². The number of carbonyl (C=O) groups is 1. The molecule has 0 radical (unpaired) electrons. The Balaban J connectivity index is 2.01. The average molecular weight is 549 g/mol. The third kappa shape index (κ3) is 7.50. The lowest BCUT2D eigenvalue weighted by molar-refractivity contribution is -0.384. The summed E-state index contributed by atoms with van der Waals surface area (Å²) in [4.78, 5) is 30.5. The molecule has 0 aliphatic heterocycles. The lowest BCUT2D eigenvalue weighted by atomic mass is 10.2. The van der Waals surface area contributed by atoms with Crippen LogP contribution in [0.3, 0.4) is 0 Å². The minimum atomic E-state index is -3.24. The smallest absolute Gasteiger partial charge is 0.326 e. The second-order valence-corrected chi connectivity index (χ2v) is 9.66. The van der Waals surface area contributed by atoms with E-state index in [1.54, 1.807) is 13.1 Å². The molecule has 1 aromatic carbocycles. The lowest BCUT2D eigenvalue weighted by Crippen LogP contribution is -2.39. The SMILES string of the molecule is C=S(=O)(NC(=O)NCC)c1ccc([N+](=O)[O-])cc1NCCCCNc1nc(Cl)ncc1Br. The largest absolute Gasteiger partial charge is 0.384 e. The van der Waals surface area contributed by atoms with Gasteiger partial charge in [0.15, 0.2) is 0 Å². The van der Waals surface area contributed by atoms with Crippen molar-refractivity contribution in [3.05, 3.63) is 44.3 Å². The van der Waals surface area contributed by atoms with Gasteiger partial charge in [0.25, 0.3) is 5.69 Å². The summed E-state index contributed by atoms with van der Waals surface area (Å²) in [6, 6.07) is 3.19. The van der Waals surface area contributed by atoms with Crippen molar-refractivity contribution in [3.8, 4) is 0 Å². The first-order valence-corrected chi connectivity index (χ1v) is 12.4. The van der Waals surface area contributed by atoms with Gasteiger partial charge in [0.1, 0.15) is 5.82 Å². The van der Waals surface area contributed by atoms with E-state index < -0.39 is 20.7 Å². The topological polar surface area (TPSA) is 151 Å². The first kappa shape index (κ1) is 25.6. The van der Waals surface area contributed by atoms with Crippen LogP contribution in [0.2, 0.25) is 5.28 Å². The molecule has 0 saturated carbocycles. The highest BCUT2D eigenvalue weighted by Gasteiger charge is 2.19. The van der Waals surface area contributed by atoms with Crippen LogP contribution in [0.15, 0.2) is 33.8 Å². The van der Waals surface area contributed by atoms with E-state index in [9.17, 15) is 19.1 Å². The molecule has 1 heterocycles. The minimum Gasteiger partial charge on any atom is -0.384 e. The van der Waals surface area contributed by atoms with Gasteiger partial charge >= 0.3 is 6.03 Å². The van der Waals surface area contributed by atoms with Crippen molar-refractivity contribution in [1.82, 2.24) is 20.0 Å². The quantitative estimate of drug-likeness (QED) is 0.110. The molecule has 0 saturated heterocycles. The number of benzene rings is 1. The molecule has 1 atom stereocenters. The number of aromatic nitrogens is 2. The van der Waals surface area contributed by atoms with Crippen LogP contribution in [0.1, 0.15) is 19.8 Å². The van der Waals surface area contributed by atoms with Crippen LogP contribution in [0.5, 0.6) is 0 Å². The Labute approximate surface area is 199 Å². The number of non-ortho nitro benzene ring substituents is 1. The Morgan fingerprint density at radius 3 is 2.66 bits per heavy atom. The van der Waals surface area contributed by atoms with Gasteiger partial charge in [0.05, 0.1) is 29.7 Å². The molecule has 11 nitrogen and oxygen atoms in total. The number of hydrogen-bond acceptors (Lipinski definition) is 8. The summed E-state index contributed by atoms with van der Waals surface area (Å²) in [5.74, 6) is 4.19. The number of anilines is 2. The molecule has 0 aliphatic rings. The van der Waals surface area contributed by atoms with Crippen molar-refractivity contribution in [3.63, 3.8) is 0 Å². The highest BCUT2D eigenvalue weighted by atomic mass is 79.9. The Kier molecular flexibility index (Phi) is 9.47. The van der Waals surface area contributed by atoms with E-state index in [-0.39, 0.29) is 21.6 Å². The molecule has 2 amide bonds. The molecule has 32 heavy (non-hydrogen) atoms. The van der Waals surface area contributed by atoms with Gasteiger partial charge in [-0.2, -0.15) is 4.98 Å². The normalized spacial score (nSPS) is 12.5. The van der Waals surface area contributed by atoms with Crippen molar-refractivity contribution in [2.75, 3.05) is 30.3 Å². The van der Waals surface area contributed by atoms with Gasteiger partial charge in [-0.15, -0.1) is 0 Å². The number of halogens is 2. The second-order valence-electron chi connectivity index (χ2n) is 6.47. The van der Waals surface area contributed by atoms with Gasteiger partial charge in [0, 0.05) is 38.0 Å². The molecule has 4 N–H and O–H groups in total. The number of rotatable bonds is 11. The fourth-order valence-corrected chi connectivity index (χ4v) is 4.33. The van der Waals surface area contributed by atoms with Gasteiger partial charge in [-0.1, -0.05) is 0 Å². The van der Waals surface area contributed by atoms with Crippen molar-refractivity contribution in [2.45, 2.75) is 24.7 Å². The van der Waals surface area contributed by atoms with Crippen molar-refractivity contribution in [1.29, 1.82) is 0 Å². The molecule has 0 fully saturated rings. The maximum Gasteiger partial charge on any atom is 0.326 e. The standard InChI is InChI=1S/C18H23BrClN7O4S/c1-3-21-18(28)26-32(2,31)15-7-6-12(27(29)30)10-14(15)22-8-4-5-9-23-16-13(19)11-24-17(20)25-16/h6-7,10-11,22H,2-5,8-9H2,1H3,(H,23,24,25)(H2,21,26,28,31). The second kappa shape index (κ2) is 11.8. The Morgan fingerprint density at radius 1 is 1.31 bits per heavy atom. The fraction of sp³-hybridized carbons (Fsp3) is 0.333. The van der Waals surface area contributed by atoms with Gasteiger partial charge < -0.3 is 16.0 Å². The molecule has 0 aliphatic carbocycles. The average Bonchev–Trinajstić information content (AvgIpc) is 2.72. The summed E-state index contributed by atoms with van der Waals surface area (Å²) in [6.45, 7) is 3.10. The predicted molar refractivity (Wildman–Crippen MR) is 130 cm³/mol. The Hall–Kier alpha value is -2.64. The first-order chi connectivity index (χ1) is 15.1. The van der Waals surface area contributed by atoms with Crippen molar-refractivity contribution >= 4 is 66.3 Å². The van der Waals surface area contributed by atoms with Crippen LogP contribution >= 0.6 is 27.5 Å². The monoisotopic (exact) mass is 547 g/mol. The Bertz CT molecular complexity index is 1080. The van der Waals surface area contributed by atoms with Crippen LogP contribution in [0, 0.1) is 10.1 Å². The highest BCUT2D eigenvalue weighted by molar-refractivity contribution is 9.10. The molecular weight excluding hydrogens is 526 g/mol. The number of unbranched alkanes of at least 4 members (excludes halogenated alkanes) is 1.